The summed E-state index contributed by atoms with van der Waals surface area (Å²) in [7, 11) is 0. The van der Waals surface area contributed by atoms with E-state index in [1.807, 2.05) is 0 Å². The fourth-order valence-corrected chi connectivity index (χ4v) is 2.16. The monoisotopic (exact) mass is 280 g/mol. The van der Waals surface area contributed by atoms with Gasteiger partial charge in [-0.3, -0.25) is 9.59 Å². The van der Waals surface area contributed by atoms with Gasteiger partial charge in [-0.1, -0.05) is 6.07 Å². The first kappa shape index (κ1) is 14.5. The zero-order valence-electron chi connectivity index (χ0n) is 11.2. The Bertz CT molecular complexity index is 533. The van der Waals surface area contributed by atoms with Gasteiger partial charge in [0.25, 0.3) is 0 Å². The highest BCUT2D eigenvalue weighted by Gasteiger charge is 2.29. The molecule has 0 aromatic heterocycles. The number of carbonyl (C=O) groups excluding carboxylic acids is 2. The molecule has 20 heavy (non-hydrogen) atoms. The third kappa shape index (κ3) is 3.14. The van der Waals surface area contributed by atoms with Crippen LogP contribution in [0.5, 0.6) is 0 Å². The number of carbonyl (C=O) groups is 2. The predicted octanol–water partition coefficient (Wildman–Crippen LogP) is 0.913. The number of aliphatic hydroxyl groups excluding tert-OH is 1. The molecule has 0 saturated carbocycles. The number of nitrogens with zero attached hydrogens (tertiary/aromatic N) is 1. The van der Waals surface area contributed by atoms with Crippen molar-refractivity contribution in [1.29, 1.82) is 0 Å². The molecule has 1 aliphatic rings. The van der Waals surface area contributed by atoms with E-state index in [0.717, 1.165) is 0 Å². The third-order valence-corrected chi connectivity index (χ3v) is 3.46. The molecular formula is C14H17FN2O3. The summed E-state index contributed by atoms with van der Waals surface area (Å²) in [5.74, 6) is -1.84. The molecule has 1 aromatic rings. The van der Waals surface area contributed by atoms with E-state index in [9.17, 15) is 14.0 Å². The highest BCUT2D eigenvalue weighted by Crippen LogP contribution is 2.17. The van der Waals surface area contributed by atoms with Crippen LogP contribution in [0.1, 0.15) is 12.0 Å². The number of rotatable bonds is 2. The average molecular weight is 280 g/mol. The average Bonchev–Trinajstić information content (AvgIpc) is 2.91. The Morgan fingerprint density at radius 3 is 2.85 bits per heavy atom. The Labute approximate surface area is 116 Å². The second-order valence-corrected chi connectivity index (χ2v) is 5.01. The van der Waals surface area contributed by atoms with E-state index in [1.54, 1.807) is 13.0 Å². The van der Waals surface area contributed by atoms with E-state index in [2.05, 4.69) is 5.32 Å². The molecular weight excluding hydrogens is 263 g/mol. The number of halogens is 1. The van der Waals surface area contributed by atoms with Crippen molar-refractivity contribution in [2.45, 2.75) is 13.3 Å². The number of benzene rings is 1. The van der Waals surface area contributed by atoms with Gasteiger partial charge < -0.3 is 15.3 Å². The molecule has 1 atom stereocenters. The van der Waals surface area contributed by atoms with Gasteiger partial charge in [-0.2, -0.15) is 0 Å². The van der Waals surface area contributed by atoms with Gasteiger partial charge in [0.05, 0.1) is 0 Å². The number of amides is 2. The normalized spacial score (nSPS) is 18.1. The Morgan fingerprint density at radius 1 is 1.50 bits per heavy atom. The quantitative estimate of drug-likeness (QED) is 0.791. The van der Waals surface area contributed by atoms with Crippen LogP contribution in [0, 0.1) is 18.7 Å². The maximum absolute atomic E-state index is 13.4. The predicted molar refractivity (Wildman–Crippen MR) is 71.5 cm³/mol. The van der Waals surface area contributed by atoms with Crippen LogP contribution in [0.2, 0.25) is 0 Å². The molecule has 1 aliphatic heterocycles. The molecule has 1 saturated heterocycles. The number of aryl methyl sites for hydroxylation is 1. The number of likely N-dealkylation sites (tertiary alicyclic amines) is 1. The van der Waals surface area contributed by atoms with Crippen LogP contribution in [0.3, 0.4) is 0 Å². The van der Waals surface area contributed by atoms with E-state index in [-0.39, 0.29) is 18.2 Å². The molecule has 1 unspecified atom stereocenters. The molecule has 0 aliphatic carbocycles. The van der Waals surface area contributed by atoms with Gasteiger partial charge in [-0.15, -0.1) is 0 Å². The van der Waals surface area contributed by atoms with E-state index < -0.39 is 17.6 Å². The van der Waals surface area contributed by atoms with Crippen molar-refractivity contribution < 1.29 is 19.1 Å². The zero-order valence-corrected chi connectivity index (χ0v) is 11.2. The van der Waals surface area contributed by atoms with Gasteiger partial charge in [0, 0.05) is 31.3 Å². The van der Waals surface area contributed by atoms with E-state index in [0.29, 0.717) is 25.1 Å². The molecule has 0 radical (unpaired) electrons. The first-order chi connectivity index (χ1) is 9.51. The fraction of sp³-hybridized carbons (Fsp3) is 0.429. The van der Waals surface area contributed by atoms with Crippen molar-refractivity contribution in [3.63, 3.8) is 0 Å². The smallest absolute Gasteiger partial charge is 0.313 e. The Balaban J connectivity index is 1.97. The first-order valence-electron chi connectivity index (χ1n) is 6.48. The molecule has 2 N–H and O–H groups in total. The highest BCUT2D eigenvalue weighted by molar-refractivity contribution is 6.39. The van der Waals surface area contributed by atoms with Gasteiger partial charge in [0.1, 0.15) is 5.82 Å². The molecule has 5 nitrogen and oxygen atoms in total. The van der Waals surface area contributed by atoms with Crippen LogP contribution >= 0.6 is 0 Å². The van der Waals surface area contributed by atoms with Crippen LogP contribution in [0.25, 0.3) is 0 Å². The summed E-state index contributed by atoms with van der Waals surface area (Å²) in [6, 6.07) is 4.26. The van der Waals surface area contributed by atoms with Crippen LogP contribution < -0.4 is 5.32 Å². The second kappa shape index (κ2) is 6.00. The Hall–Kier alpha value is -1.95. The van der Waals surface area contributed by atoms with Crippen molar-refractivity contribution in [2.24, 2.45) is 5.92 Å². The highest BCUT2D eigenvalue weighted by atomic mass is 19.1. The largest absolute Gasteiger partial charge is 0.396 e. The van der Waals surface area contributed by atoms with Gasteiger partial charge >= 0.3 is 11.8 Å². The summed E-state index contributed by atoms with van der Waals surface area (Å²) in [4.78, 5) is 25.1. The third-order valence-electron chi connectivity index (χ3n) is 3.46. The first-order valence-corrected chi connectivity index (χ1v) is 6.48. The van der Waals surface area contributed by atoms with Crippen LogP contribution in [0.4, 0.5) is 10.1 Å². The van der Waals surface area contributed by atoms with Gasteiger partial charge in [0.15, 0.2) is 0 Å². The lowest BCUT2D eigenvalue weighted by Crippen LogP contribution is -2.38. The Kier molecular flexibility index (Phi) is 4.34. The van der Waals surface area contributed by atoms with E-state index in [4.69, 9.17) is 5.11 Å². The van der Waals surface area contributed by atoms with Crippen molar-refractivity contribution in [2.75, 3.05) is 25.0 Å². The molecule has 0 spiro atoms. The van der Waals surface area contributed by atoms with E-state index in [1.165, 1.54) is 17.0 Å². The Morgan fingerprint density at radius 2 is 2.25 bits per heavy atom. The molecule has 1 aromatic carbocycles. The molecule has 1 heterocycles. The molecule has 108 valence electrons. The molecule has 0 bridgehead atoms. The standard InChI is InChI=1S/C14H17FN2O3/c1-9-2-3-11(6-12(9)15)16-13(19)14(20)17-5-4-10(7-17)8-18/h2-3,6,10,18H,4-5,7-8H2,1H3,(H,16,19). The van der Waals surface area contributed by atoms with Gasteiger partial charge in [-0.05, 0) is 31.0 Å². The minimum atomic E-state index is -0.785. The van der Waals surface area contributed by atoms with Crippen molar-refractivity contribution in [3.05, 3.63) is 29.6 Å². The number of hydrogen-bond acceptors (Lipinski definition) is 3. The summed E-state index contributed by atoms with van der Waals surface area (Å²) < 4.78 is 13.4. The summed E-state index contributed by atoms with van der Waals surface area (Å²) in [6.45, 7) is 2.46. The van der Waals surface area contributed by atoms with Crippen LogP contribution in [-0.4, -0.2) is 41.5 Å². The SMILES string of the molecule is Cc1ccc(NC(=O)C(=O)N2CCC(CO)C2)cc1F. The summed E-state index contributed by atoms with van der Waals surface area (Å²) in [5.41, 5.74) is 0.726. The number of anilines is 1. The maximum atomic E-state index is 13.4. The lowest BCUT2D eigenvalue weighted by molar-refractivity contribution is -0.142. The van der Waals surface area contributed by atoms with Crippen LogP contribution in [0.15, 0.2) is 18.2 Å². The number of hydrogen-bond donors (Lipinski definition) is 2. The summed E-state index contributed by atoms with van der Waals surface area (Å²) >= 11 is 0. The lowest BCUT2D eigenvalue weighted by Gasteiger charge is -2.15. The minimum Gasteiger partial charge on any atom is -0.396 e. The topological polar surface area (TPSA) is 69.6 Å². The molecule has 2 amide bonds. The number of nitrogens with one attached hydrogen (secondary N) is 1. The summed E-state index contributed by atoms with van der Waals surface area (Å²) in [5, 5.41) is 11.4. The molecule has 6 heteroatoms. The summed E-state index contributed by atoms with van der Waals surface area (Å²) in [6.07, 6.45) is 0.689. The minimum absolute atomic E-state index is 0.00850. The fourth-order valence-electron chi connectivity index (χ4n) is 2.16. The van der Waals surface area contributed by atoms with Crippen molar-refractivity contribution in [1.82, 2.24) is 4.90 Å². The van der Waals surface area contributed by atoms with E-state index >= 15 is 0 Å². The second-order valence-electron chi connectivity index (χ2n) is 5.01. The van der Waals surface area contributed by atoms with Crippen molar-refractivity contribution >= 4 is 17.5 Å². The lowest BCUT2D eigenvalue weighted by atomic mass is 10.1. The maximum Gasteiger partial charge on any atom is 0.313 e. The molecule has 2 rings (SSSR count). The number of aliphatic hydroxyl groups is 1. The van der Waals surface area contributed by atoms with Gasteiger partial charge in [-0.25, -0.2) is 4.39 Å². The van der Waals surface area contributed by atoms with Crippen LogP contribution in [-0.2, 0) is 9.59 Å². The molecule has 1 fully saturated rings. The van der Waals surface area contributed by atoms with Crippen molar-refractivity contribution in [3.8, 4) is 0 Å². The zero-order chi connectivity index (χ0) is 14.7. The van der Waals surface area contributed by atoms with Gasteiger partial charge in [0.2, 0.25) is 0 Å².